The van der Waals surface area contributed by atoms with Crippen LogP contribution >= 0.6 is 27.7 Å². The summed E-state index contributed by atoms with van der Waals surface area (Å²) < 4.78 is 13.5. The molecule has 0 atom stereocenters. The van der Waals surface area contributed by atoms with Gasteiger partial charge in [0.05, 0.1) is 5.39 Å². The predicted octanol–water partition coefficient (Wildman–Crippen LogP) is 7.05. The number of fused-ring (bicyclic) bond motifs is 1. The second-order valence-corrected chi connectivity index (χ2v) is 12.0. The molecule has 0 aliphatic heterocycles. The Balaban J connectivity index is 0.000000270. The molecule has 1 fully saturated rings. The number of thioether (sulfide) groups is 1. The van der Waals surface area contributed by atoms with Crippen LogP contribution in [0.25, 0.3) is 22.3 Å². The number of carbonyl (C=O) groups is 1. The van der Waals surface area contributed by atoms with Crippen molar-refractivity contribution in [3.05, 3.63) is 34.9 Å². The number of nitrogens with zero attached hydrogens (tertiary/aromatic N) is 4. The van der Waals surface area contributed by atoms with E-state index in [4.69, 9.17) is 15.2 Å². The Bertz CT molecular complexity index is 1160. The molecule has 1 saturated carbocycles. The summed E-state index contributed by atoms with van der Waals surface area (Å²) in [5, 5.41) is 8.39. The van der Waals surface area contributed by atoms with Gasteiger partial charge in [-0.05, 0) is 64.7 Å². The lowest BCUT2D eigenvalue weighted by Gasteiger charge is -2.25. The molecule has 1 amide bonds. The van der Waals surface area contributed by atoms with E-state index in [2.05, 4.69) is 43.2 Å². The van der Waals surface area contributed by atoms with E-state index in [0.717, 1.165) is 40.4 Å². The van der Waals surface area contributed by atoms with Gasteiger partial charge < -0.3 is 20.5 Å². The molecule has 1 aliphatic rings. The number of nitrogen functional groups attached to an aromatic ring is 1. The lowest BCUT2D eigenvalue weighted by atomic mass is 9.96. The molecule has 0 unspecified atom stereocenters. The predicted molar refractivity (Wildman–Crippen MR) is 165 cm³/mol. The fraction of sp³-hybridized carbons (Fsp3) is 0.571. The second kappa shape index (κ2) is 16.7. The Morgan fingerprint density at radius 2 is 1.92 bits per heavy atom. The van der Waals surface area contributed by atoms with Crippen molar-refractivity contribution in [2.24, 2.45) is 0 Å². The molecule has 0 radical (unpaired) electrons. The minimum atomic E-state index is -0.390. The standard InChI is InChI=1S/C15H16BrN5O.C11H21NO2.C2H6S/c1-2-6-22-9-21-14-12(8-18-15(17)19-14)13(20-21)10-4-3-5-11(16)7-10;1-11(2,3)14-10(13)12-9-7-5-4-6-8-9;1-3-2/h3-5,7-8H,2,6,9H2,1H3,(H2,17,18,19);9H,4-8H2,1-3H3,(H,12,13);1-2H3. The smallest absolute Gasteiger partial charge is 0.407 e. The van der Waals surface area contributed by atoms with E-state index >= 15 is 0 Å². The Hall–Kier alpha value is -2.37. The average molecular weight is 624 g/mol. The average Bonchev–Trinajstić information content (AvgIpc) is 3.22. The first-order valence-corrected chi connectivity index (χ1v) is 15.7. The largest absolute Gasteiger partial charge is 0.444 e. The molecule has 0 spiro atoms. The third kappa shape index (κ3) is 11.7. The van der Waals surface area contributed by atoms with Gasteiger partial charge in [0, 0.05) is 28.9 Å². The van der Waals surface area contributed by atoms with Gasteiger partial charge in [0.15, 0.2) is 5.65 Å². The third-order valence-corrected chi connectivity index (χ3v) is 5.99. The van der Waals surface area contributed by atoms with Gasteiger partial charge in [0.2, 0.25) is 5.95 Å². The summed E-state index contributed by atoms with van der Waals surface area (Å²) in [7, 11) is 0. The number of amides is 1. The van der Waals surface area contributed by atoms with Crippen LogP contribution in [-0.2, 0) is 16.2 Å². The van der Waals surface area contributed by atoms with Crippen molar-refractivity contribution in [2.75, 3.05) is 24.9 Å². The summed E-state index contributed by atoms with van der Waals surface area (Å²) in [5.41, 5.74) is 7.80. The van der Waals surface area contributed by atoms with Gasteiger partial charge in [-0.1, -0.05) is 54.2 Å². The number of hydrogen-bond donors (Lipinski definition) is 2. The second-order valence-electron chi connectivity index (χ2n) is 10.3. The van der Waals surface area contributed by atoms with E-state index in [0.29, 0.717) is 25.0 Å². The molecule has 216 valence electrons. The van der Waals surface area contributed by atoms with Crippen LogP contribution in [0.5, 0.6) is 0 Å². The molecule has 2 aromatic heterocycles. The van der Waals surface area contributed by atoms with Crippen molar-refractivity contribution in [2.45, 2.75) is 84.6 Å². The molecular formula is C28H43BrN6O3S. The molecule has 11 heteroatoms. The van der Waals surface area contributed by atoms with E-state index in [1.165, 1.54) is 19.3 Å². The van der Waals surface area contributed by atoms with Crippen molar-refractivity contribution in [1.29, 1.82) is 0 Å². The number of hydrogen-bond acceptors (Lipinski definition) is 8. The molecular weight excluding hydrogens is 580 g/mol. The quantitative estimate of drug-likeness (QED) is 0.281. The maximum atomic E-state index is 11.4. The molecule has 4 rings (SSSR count). The van der Waals surface area contributed by atoms with Crippen molar-refractivity contribution < 1.29 is 14.3 Å². The Labute approximate surface area is 245 Å². The van der Waals surface area contributed by atoms with Crippen LogP contribution in [0, 0.1) is 0 Å². The summed E-state index contributed by atoms with van der Waals surface area (Å²) in [6, 6.07) is 8.28. The van der Waals surface area contributed by atoms with Crippen LogP contribution < -0.4 is 11.1 Å². The van der Waals surface area contributed by atoms with Gasteiger partial charge >= 0.3 is 6.09 Å². The molecule has 0 bridgehead atoms. The fourth-order valence-electron chi connectivity index (χ4n) is 3.93. The SMILES string of the molecule is CC(C)(C)OC(=O)NC1CCCCC1.CCCOCn1nc(-c2cccc(Br)c2)c2cnc(N)nc21.CSC. The molecule has 2 heterocycles. The van der Waals surface area contributed by atoms with Crippen LogP contribution in [-0.4, -0.2) is 56.6 Å². The number of anilines is 1. The Kier molecular flexibility index (Phi) is 14.0. The zero-order valence-electron chi connectivity index (χ0n) is 24.0. The number of ether oxygens (including phenoxy) is 2. The number of nitrogens with one attached hydrogen (secondary N) is 1. The fourth-order valence-corrected chi connectivity index (χ4v) is 4.33. The van der Waals surface area contributed by atoms with E-state index in [1.54, 1.807) is 22.6 Å². The van der Waals surface area contributed by atoms with Crippen LogP contribution in [0.4, 0.5) is 10.7 Å². The van der Waals surface area contributed by atoms with Crippen LogP contribution in [0.2, 0.25) is 0 Å². The first-order valence-electron chi connectivity index (χ1n) is 13.3. The van der Waals surface area contributed by atoms with Crippen molar-refractivity contribution in [3.8, 4) is 11.3 Å². The van der Waals surface area contributed by atoms with Gasteiger partial charge in [-0.15, -0.1) is 0 Å². The highest BCUT2D eigenvalue weighted by Crippen LogP contribution is 2.28. The van der Waals surface area contributed by atoms with E-state index in [1.807, 2.05) is 57.5 Å². The number of rotatable bonds is 6. The number of aromatic nitrogens is 4. The molecule has 1 aliphatic carbocycles. The molecule has 0 saturated heterocycles. The maximum Gasteiger partial charge on any atom is 0.407 e. The third-order valence-electron chi connectivity index (χ3n) is 5.49. The lowest BCUT2D eigenvalue weighted by Crippen LogP contribution is -2.39. The van der Waals surface area contributed by atoms with Gasteiger partial charge in [0.25, 0.3) is 0 Å². The summed E-state index contributed by atoms with van der Waals surface area (Å²) in [6.07, 6.45) is 12.4. The topological polar surface area (TPSA) is 117 Å². The summed E-state index contributed by atoms with van der Waals surface area (Å²) in [6.45, 7) is 8.73. The highest BCUT2D eigenvalue weighted by Gasteiger charge is 2.20. The molecule has 1 aromatic carbocycles. The molecule has 3 N–H and O–H groups in total. The molecule has 9 nitrogen and oxygen atoms in total. The van der Waals surface area contributed by atoms with Crippen molar-refractivity contribution >= 4 is 50.8 Å². The number of alkyl carbamates (subject to hydrolysis) is 1. The minimum Gasteiger partial charge on any atom is -0.444 e. The van der Waals surface area contributed by atoms with E-state index < -0.39 is 5.60 Å². The first-order chi connectivity index (χ1) is 18.6. The summed E-state index contributed by atoms with van der Waals surface area (Å²) in [4.78, 5) is 19.8. The highest BCUT2D eigenvalue weighted by atomic mass is 79.9. The van der Waals surface area contributed by atoms with Gasteiger partial charge in [0.1, 0.15) is 18.0 Å². The molecule has 3 aromatic rings. The number of benzene rings is 1. The summed E-state index contributed by atoms with van der Waals surface area (Å²) >= 11 is 5.23. The zero-order valence-corrected chi connectivity index (χ0v) is 26.4. The van der Waals surface area contributed by atoms with E-state index in [9.17, 15) is 4.79 Å². The maximum absolute atomic E-state index is 11.4. The van der Waals surface area contributed by atoms with Gasteiger partial charge in [-0.25, -0.2) is 14.5 Å². The number of carbonyl (C=O) groups excluding carboxylic acids is 1. The minimum absolute atomic E-state index is 0.227. The monoisotopic (exact) mass is 622 g/mol. The van der Waals surface area contributed by atoms with Gasteiger partial charge in [-0.3, -0.25) is 0 Å². The Morgan fingerprint density at radius 3 is 2.54 bits per heavy atom. The number of halogens is 1. The Morgan fingerprint density at radius 1 is 1.23 bits per heavy atom. The van der Waals surface area contributed by atoms with Crippen molar-refractivity contribution in [1.82, 2.24) is 25.1 Å². The van der Waals surface area contributed by atoms with Crippen molar-refractivity contribution in [3.63, 3.8) is 0 Å². The highest BCUT2D eigenvalue weighted by molar-refractivity contribution is 9.10. The summed E-state index contributed by atoms with van der Waals surface area (Å²) in [5.74, 6) is 0.227. The van der Waals surface area contributed by atoms with Crippen LogP contribution in [0.3, 0.4) is 0 Å². The van der Waals surface area contributed by atoms with E-state index in [-0.39, 0.29) is 12.0 Å². The van der Waals surface area contributed by atoms with Gasteiger partial charge in [-0.2, -0.15) is 21.8 Å². The normalized spacial score (nSPS) is 13.6. The molecule has 39 heavy (non-hydrogen) atoms. The zero-order chi connectivity index (χ0) is 28.8. The van der Waals surface area contributed by atoms with Crippen LogP contribution in [0.1, 0.15) is 66.2 Å². The number of nitrogens with two attached hydrogens (primary N) is 1. The van der Waals surface area contributed by atoms with Crippen LogP contribution in [0.15, 0.2) is 34.9 Å². The lowest BCUT2D eigenvalue weighted by molar-refractivity contribution is 0.0493. The first kappa shape index (κ1) is 32.8.